The van der Waals surface area contributed by atoms with E-state index >= 15 is 0 Å². The van der Waals surface area contributed by atoms with E-state index in [1.54, 1.807) is 0 Å². The number of phenols is 1. The maximum Gasteiger partial charge on any atom is 1.00 e. The van der Waals surface area contributed by atoms with Crippen molar-refractivity contribution in [2.45, 2.75) is 155 Å². The molecule has 0 aliphatic rings. The van der Waals surface area contributed by atoms with E-state index in [1.165, 1.54) is 134 Å². The predicted molar refractivity (Wildman–Crippen MR) is 186 cm³/mol. The third-order valence-corrected chi connectivity index (χ3v) is 8.25. The second kappa shape index (κ2) is 36.3. The monoisotopic (exact) mass is 734 g/mol. The quantitative estimate of drug-likeness (QED) is 0.0229. The number of carbonyl (C=O) groups excluding carboxylic acids is 1. The van der Waals surface area contributed by atoms with E-state index in [2.05, 4.69) is 27.3 Å². The Morgan fingerprint density at radius 2 is 1.00 bits per heavy atom. The van der Waals surface area contributed by atoms with Gasteiger partial charge in [0.1, 0.15) is 5.75 Å². The molecule has 14 heteroatoms. The molecule has 0 amide bonds. The van der Waals surface area contributed by atoms with Gasteiger partial charge < -0.3 is 24.2 Å². The average molecular weight is 735 g/mol. The Labute approximate surface area is 313 Å². The number of hydrogen-bond donors (Lipinski definition) is 3. The van der Waals surface area contributed by atoms with E-state index < -0.39 is 24.2 Å². The summed E-state index contributed by atoms with van der Waals surface area (Å²) in [5.74, 6) is -0.261. The van der Waals surface area contributed by atoms with Crippen molar-refractivity contribution in [3.8, 4) is 5.75 Å². The van der Waals surface area contributed by atoms with E-state index in [4.69, 9.17) is 14.9 Å². The summed E-state index contributed by atoms with van der Waals surface area (Å²) in [6.45, 7) is 4.65. The van der Waals surface area contributed by atoms with Gasteiger partial charge in [0, 0.05) is 0 Å². The molecular weight excluding hydrogens is 670 g/mol. The van der Waals surface area contributed by atoms with Gasteiger partial charge in [0.25, 0.3) is 0 Å². The normalized spacial score (nSPS) is 11.0. The molecule has 0 unspecified atom stereocenters. The van der Waals surface area contributed by atoms with Crippen molar-refractivity contribution in [3.05, 3.63) is 29.8 Å². The molecule has 0 heterocycles. The molecule has 0 atom stereocenters. The van der Waals surface area contributed by atoms with Crippen LogP contribution >= 0.6 is 7.82 Å². The number of esters is 1. The van der Waals surface area contributed by atoms with Crippen LogP contribution in [0.15, 0.2) is 24.3 Å². The smallest absolute Gasteiger partial charge is 0.726 e. The number of rotatable bonds is 27. The molecule has 0 fully saturated rings. The summed E-state index contributed by atoms with van der Waals surface area (Å²) in [6.07, 6.45) is 26.6. The van der Waals surface area contributed by atoms with Crippen LogP contribution in [0.5, 0.6) is 5.75 Å². The molecule has 3 N–H and O–H groups in total. The molecule has 1 aromatic carbocycles. The van der Waals surface area contributed by atoms with Crippen molar-refractivity contribution in [2.24, 2.45) is 0 Å². The van der Waals surface area contributed by atoms with E-state index in [9.17, 15) is 22.3 Å². The third kappa shape index (κ3) is 43.5. The molecule has 0 bridgehead atoms. The number of aromatic hydroxyl groups is 1. The molecule has 0 aliphatic heterocycles. The van der Waals surface area contributed by atoms with Gasteiger partial charge in [-0.2, -0.15) is 0 Å². The molecule has 0 aliphatic carbocycles. The Bertz CT molecular complexity index is 989. The van der Waals surface area contributed by atoms with Crippen LogP contribution in [0.4, 0.5) is 0 Å². The molecule has 0 saturated carbocycles. The van der Waals surface area contributed by atoms with Crippen molar-refractivity contribution in [1.82, 2.24) is 0 Å². The molecule has 278 valence electrons. The number of ether oxygens (including phenoxy) is 1. The topological polar surface area (TPSA) is 180 Å². The van der Waals surface area contributed by atoms with Gasteiger partial charge in [-0.15, -0.1) is 0 Å². The molecule has 1 rings (SSSR count). The van der Waals surface area contributed by atoms with Crippen LogP contribution in [0.1, 0.15) is 165 Å². The Kier molecular flexibility index (Phi) is 39.2. The fourth-order valence-corrected chi connectivity index (χ4v) is 5.28. The van der Waals surface area contributed by atoms with Gasteiger partial charge in [-0.3, -0.25) is 8.71 Å². The zero-order valence-corrected chi connectivity index (χ0v) is 34.0. The summed E-state index contributed by atoms with van der Waals surface area (Å²) in [5, 5.41) is 8.86. The fraction of sp³-hybridized carbons (Fsp3) is 0.794. The summed E-state index contributed by atoms with van der Waals surface area (Å²) in [5.41, 5.74) is 0.435. The minimum Gasteiger partial charge on any atom is -0.726 e. The van der Waals surface area contributed by atoms with Crippen molar-refractivity contribution in [2.75, 3.05) is 20.3 Å². The first kappa shape index (κ1) is 51.8. The fourth-order valence-electron chi connectivity index (χ4n) is 4.59. The van der Waals surface area contributed by atoms with Crippen LogP contribution in [-0.4, -0.2) is 54.2 Å². The number of phenolic OH excluding ortho intramolecular Hbond substituents is 1. The summed E-state index contributed by atoms with van der Waals surface area (Å²) in [4.78, 5) is 27.8. The van der Waals surface area contributed by atoms with E-state index in [1.807, 2.05) is 0 Å². The van der Waals surface area contributed by atoms with Crippen LogP contribution in [0, 0.1) is 0 Å². The van der Waals surface area contributed by atoms with Crippen molar-refractivity contribution < 1.29 is 80.2 Å². The SMILES string of the molecule is CCCCCCCCCCCCCCOP(=O)(O)O.CCCCCCCCCCCCOS(=O)(=O)[O-].COC(=O)c1ccc(O)cc1.[Na+]. The largest absolute Gasteiger partial charge is 1.00 e. The van der Waals surface area contributed by atoms with E-state index in [-0.39, 0.29) is 48.5 Å². The minimum atomic E-state index is -4.48. The molecule has 0 spiro atoms. The zero-order chi connectivity index (χ0) is 35.7. The second-order valence-electron chi connectivity index (χ2n) is 11.7. The zero-order valence-electron chi connectivity index (χ0n) is 30.2. The van der Waals surface area contributed by atoms with Crippen LogP contribution in [0.25, 0.3) is 0 Å². The van der Waals surface area contributed by atoms with Crippen LogP contribution in [-0.2, 0) is 28.4 Å². The number of hydrogen-bond acceptors (Lipinski definition) is 9. The first-order valence-corrected chi connectivity index (χ1v) is 20.4. The minimum absolute atomic E-state index is 0. The first-order chi connectivity index (χ1) is 22.4. The number of benzene rings is 1. The summed E-state index contributed by atoms with van der Waals surface area (Å²) >= 11 is 0. The van der Waals surface area contributed by atoms with Crippen LogP contribution < -0.4 is 29.6 Å². The van der Waals surface area contributed by atoms with Gasteiger partial charge in [0.05, 0.1) is 25.9 Å². The number of methoxy groups -OCH3 is 1. The van der Waals surface area contributed by atoms with Crippen molar-refractivity contribution in [3.63, 3.8) is 0 Å². The van der Waals surface area contributed by atoms with Crippen molar-refractivity contribution in [1.29, 1.82) is 0 Å². The van der Waals surface area contributed by atoms with Gasteiger partial charge in [-0.1, -0.05) is 142 Å². The van der Waals surface area contributed by atoms with E-state index in [0.717, 1.165) is 32.1 Å². The maximum atomic E-state index is 10.8. The number of carbonyl (C=O) groups is 1. The molecule has 0 radical (unpaired) electrons. The van der Waals surface area contributed by atoms with Gasteiger partial charge in [0.15, 0.2) is 0 Å². The van der Waals surface area contributed by atoms with Gasteiger partial charge in [-0.25, -0.2) is 17.8 Å². The Morgan fingerprint density at radius 1 is 0.667 bits per heavy atom. The maximum absolute atomic E-state index is 10.8. The van der Waals surface area contributed by atoms with Gasteiger partial charge in [0.2, 0.25) is 10.4 Å². The second-order valence-corrected chi connectivity index (χ2v) is 14.0. The predicted octanol–water partition coefficient (Wildman–Crippen LogP) is 6.36. The molecule has 0 aromatic heterocycles. The number of unbranched alkanes of at least 4 members (excludes halogenated alkanes) is 20. The summed E-state index contributed by atoms with van der Waals surface area (Å²) in [6, 6.07) is 5.88. The first-order valence-electron chi connectivity index (χ1n) is 17.5. The average Bonchev–Trinajstić information content (AvgIpc) is 3.01. The molecule has 48 heavy (non-hydrogen) atoms. The molecule has 0 saturated heterocycles. The Morgan fingerprint density at radius 3 is 1.31 bits per heavy atom. The van der Waals surface area contributed by atoms with Crippen LogP contribution in [0.3, 0.4) is 0 Å². The number of phosphoric ester groups is 1. The number of phosphoric acid groups is 1. The molecule has 1 aromatic rings. The Hall–Kier alpha value is -0.530. The summed E-state index contributed by atoms with van der Waals surface area (Å²) < 4.78 is 53.7. The van der Waals surface area contributed by atoms with E-state index in [0.29, 0.717) is 12.0 Å². The van der Waals surface area contributed by atoms with Gasteiger partial charge in [-0.05, 0) is 37.1 Å². The third-order valence-electron chi connectivity index (χ3n) is 7.27. The standard InChI is InChI=1S/C14H31O4P.C12H26O4S.C8H8O3.Na/c1-2-3-4-5-6-7-8-9-10-11-12-13-14-18-19(15,16)17;1-2-3-4-5-6-7-8-9-10-11-12-16-17(13,14)15;1-11-8(10)6-2-4-7(9)5-3-6;/h2-14H2,1H3,(H2,15,16,17);2-12H2,1H3,(H,13,14,15);2-5,9H,1H3;/q;;;+1/p-1. The molecule has 11 nitrogen and oxygen atoms in total. The Balaban J connectivity index is -0.000000645. The van der Waals surface area contributed by atoms with Gasteiger partial charge >= 0.3 is 43.3 Å². The summed E-state index contributed by atoms with van der Waals surface area (Å²) in [7, 11) is -7.42. The van der Waals surface area contributed by atoms with Crippen molar-refractivity contribution >= 4 is 24.2 Å². The van der Waals surface area contributed by atoms with Crippen LogP contribution in [0.2, 0.25) is 0 Å². The molecular formula is C34H64NaO11PS.